The van der Waals surface area contributed by atoms with E-state index in [1.807, 2.05) is 75.5 Å². The highest BCUT2D eigenvalue weighted by Gasteiger charge is 2.11. The predicted molar refractivity (Wildman–Crippen MR) is 151 cm³/mol. The highest BCUT2D eigenvalue weighted by atomic mass is 32.2. The second kappa shape index (κ2) is 16.6. The Balaban J connectivity index is 6.43. The number of thioether (sulfide) groups is 1. The van der Waals surface area contributed by atoms with Gasteiger partial charge in [-0.15, -0.1) is 0 Å². The molecule has 0 amide bonds. The van der Waals surface area contributed by atoms with Gasteiger partial charge in [0.15, 0.2) is 0 Å². The summed E-state index contributed by atoms with van der Waals surface area (Å²) in [5, 5.41) is 0. The average Bonchev–Trinajstić information content (AvgIpc) is 2.74. The lowest BCUT2D eigenvalue weighted by Crippen LogP contribution is -2.03. The van der Waals surface area contributed by atoms with Crippen LogP contribution in [0.1, 0.15) is 27.7 Å². The summed E-state index contributed by atoms with van der Waals surface area (Å²) >= 11 is 1.43. The number of hydrogen-bond acceptors (Lipinski definition) is 2. The Morgan fingerprint density at radius 3 is 2.00 bits per heavy atom. The van der Waals surface area contributed by atoms with Gasteiger partial charge in [-0.1, -0.05) is 113 Å². The zero-order valence-corrected chi connectivity index (χ0v) is 20.9. The zero-order valence-electron chi connectivity index (χ0n) is 20.1. The SMILES string of the molecule is C=CC(=C)SC(=C)C(=N/C=C\C(=C)C(C)/C=C\C)/C(/C=C\C(=C)/C=C\C)=C/C(=C)/C=C\C. The van der Waals surface area contributed by atoms with Crippen LogP contribution in [0.3, 0.4) is 0 Å². The van der Waals surface area contributed by atoms with Crippen molar-refractivity contribution in [3.63, 3.8) is 0 Å². The molecule has 1 nitrogen and oxygen atoms in total. The number of nitrogens with zero attached hydrogens (tertiary/aromatic N) is 1. The third kappa shape index (κ3) is 11.9. The first kappa shape index (κ1) is 28.9. The first-order valence-electron chi connectivity index (χ1n) is 10.5. The summed E-state index contributed by atoms with van der Waals surface area (Å²) < 4.78 is 0. The normalized spacial score (nSPS) is 14.1. The number of aliphatic imine (C=N–C) groups is 1. The van der Waals surface area contributed by atoms with Crippen molar-refractivity contribution in [1.82, 2.24) is 0 Å². The highest BCUT2D eigenvalue weighted by Crippen LogP contribution is 2.28. The van der Waals surface area contributed by atoms with Crippen molar-refractivity contribution in [2.24, 2.45) is 10.9 Å². The molecule has 0 aliphatic rings. The first-order valence-corrected chi connectivity index (χ1v) is 11.3. The first-order chi connectivity index (χ1) is 15.2. The van der Waals surface area contributed by atoms with Gasteiger partial charge in [-0.05, 0) is 55.6 Å². The maximum atomic E-state index is 4.75. The molecule has 0 aliphatic heterocycles. The van der Waals surface area contributed by atoms with Crippen LogP contribution in [-0.2, 0) is 0 Å². The molecule has 2 heteroatoms. The van der Waals surface area contributed by atoms with E-state index in [4.69, 9.17) is 4.99 Å². The van der Waals surface area contributed by atoms with Crippen LogP contribution in [0.2, 0.25) is 0 Å². The van der Waals surface area contributed by atoms with Gasteiger partial charge in [-0.25, -0.2) is 0 Å². The summed E-state index contributed by atoms with van der Waals surface area (Å²) in [5.74, 6) is 0.238. The van der Waals surface area contributed by atoms with Crippen molar-refractivity contribution in [1.29, 1.82) is 0 Å². The van der Waals surface area contributed by atoms with E-state index in [-0.39, 0.29) is 5.92 Å². The van der Waals surface area contributed by atoms with Crippen molar-refractivity contribution in [2.75, 3.05) is 0 Å². The monoisotopic (exact) mass is 443 g/mol. The molecule has 0 radical (unpaired) electrons. The second-order valence-corrected chi connectivity index (χ2v) is 8.18. The summed E-state index contributed by atoms with van der Waals surface area (Å²) in [5.41, 5.74) is 4.29. The van der Waals surface area contributed by atoms with Gasteiger partial charge in [0.25, 0.3) is 0 Å². The number of allylic oxidation sites excluding steroid dienone is 16. The van der Waals surface area contributed by atoms with Crippen molar-refractivity contribution in [2.45, 2.75) is 27.7 Å². The fourth-order valence-corrected chi connectivity index (χ4v) is 3.12. The lowest BCUT2D eigenvalue weighted by atomic mass is 10.0. The lowest BCUT2D eigenvalue weighted by molar-refractivity contribution is 0.893. The molecule has 0 N–H and O–H groups in total. The Labute approximate surface area is 200 Å². The Morgan fingerprint density at radius 1 is 0.812 bits per heavy atom. The Kier molecular flexibility index (Phi) is 15.0. The van der Waals surface area contributed by atoms with Crippen molar-refractivity contribution in [3.05, 3.63) is 145 Å². The minimum Gasteiger partial charge on any atom is -0.255 e. The van der Waals surface area contributed by atoms with E-state index in [1.165, 1.54) is 11.8 Å². The van der Waals surface area contributed by atoms with Crippen LogP contribution >= 0.6 is 11.8 Å². The van der Waals surface area contributed by atoms with Gasteiger partial charge in [0, 0.05) is 21.6 Å². The van der Waals surface area contributed by atoms with Crippen LogP contribution in [0.5, 0.6) is 0 Å². The molecule has 0 saturated heterocycles. The Bertz CT molecular complexity index is 939. The quantitative estimate of drug-likeness (QED) is 0.148. The maximum Gasteiger partial charge on any atom is 0.0835 e. The molecule has 1 atom stereocenters. The van der Waals surface area contributed by atoms with Crippen molar-refractivity contribution >= 4 is 17.5 Å². The molecule has 0 aliphatic carbocycles. The molecule has 0 bridgehead atoms. The number of hydrogen-bond donors (Lipinski definition) is 0. The molecule has 32 heavy (non-hydrogen) atoms. The largest absolute Gasteiger partial charge is 0.255 e. The zero-order chi connectivity index (χ0) is 24.5. The Hall–Kier alpha value is -3.10. The van der Waals surface area contributed by atoms with Crippen LogP contribution < -0.4 is 0 Å². The standard InChI is InChI=1S/C30H37NS/c1-11-15-23(5)18-19-29(22-24(6)16-12-2)30(28(10)32-27(9)14-4)31-21-20-26(8)25(7)17-13-3/h11-22,25H,4-6,8-10H2,1-3,7H3/b15-11-,16-12-,17-13-,19-18-,21-20-,29-22+,31-30-. The summed E-state index contributed by atoms with van der Waals surface area (Å²) in [7, 11) is 0. The van der Waals surface area contributed by atoms with E-state index >= 15 is 0 Å². The van der Waals surface area contributed by atoms with Gasteiger partial charge in [0.2, 0.25) is 0 Å². The third-order valence-electron chi connectivity index (χ3n) is 4.16. The molecular formula is C30H37NS. The molecule has 1 unspecified atom stereocenters. The summed E-state index contributed by atoms with van der Waals surface area (Å²) in [6, 6.07) is 0. The van der Waals surface area contributed by atoms with Gasteiger partial charge in [-0.2, -0.15) is 0 Å². The molecule has 0 spiro atoms. The van der Waals surface area contributed by atoms with E-state index < -0.39 is 0 Å². The highest BCUT2D eigenvalue weighted by molar-refractivity contribution is 8.07. The summed E-state index contributed by atoms with van der Waals surface area (Å²) in [6.45, 7) is 32.4. The van der Waals surface area contributed by atoms with E-state index in [1.54, 1.807) is 12.3 Å². The van der Waals surface area contributed by atoms with Gasteiger partial charge in [0.1, 0.15) is 0 Å². The molecule has 0 heterocycles. The molecule has 168 valence electrons. The van der Waals surface area contributed by atoms with Crippen molar-refractivity contribution < 1.29 is 0 Å². The van der Waals surface area contributed by atoms with Crippen molar-refractivity contribution in [3.8, 4) is 0 Å². The minimum atomic E-state index is 0.238. The molecule has 0 aromatic heterocycles. The molecule has 0 aromatic rings. The Morgan fingerprint density at radius 2 is 1.44 bits per heavy atom. The summed E-state index contributed by atoms with van der Waals surface area (Å²) in [4.78, 5) is 6.31. The van der Waals surface area contributed by atoms with Gasteiger partial charge in [-0.3, -0.25) is 4.99 Å². The van der Waals surface area contributed by atoms with E-state index in [2.05, 4.69) is 52.5 Å². The second-order valence-electron chi connectivity index (χ2n) is 6.96. The van der Waals surface area contributed by atoms with Crippen LogP contribution in [0.4, 0.5) is 0 Å². The predicted octanol–water partition coefficient (Wildman–Crippen LogP) is 9.40. The van der Waals surface area contributed by atoms with Gasteiger partial charge < -0.3 is 0 Å². The number of rotatable bonds is 14. The fraction of sp³-hybridized carbons (Fsp3) is 0.167. The van der Waals surface area contributed by atoms with Gasteiger partial charge in [0.05, 0.1) is 5.71 Å². The topological polar surface area (TPSA) is 12.4 Å². The third-order valence-corrected chi connectivity index (χ3v) is 5.03. The lowest BCUT2D eigenvalue weighted by Gasteiger charge is -2.11. The van der Waals surface area contributed by atoms with Crippen LogP contribution in [0.15, 0.2) is 150 Å². The van der Waals surface area contributed by atoms with Crippen LogP contribution in [-0.4, -0.2) is 5.71 Å². The smallest absolute Gasteiger partial charge is 0.0835 e. The molecule has 0 saturated carbocycles. The average molecular weight is 444 g/mol. The van der Waals surface area contributed by atoms with E-state index in [0.29, 0.717) is 0 Å². The summed E-state index contributed by atoms with van der Waals surface area (Å²) in [6.07, 6.45) is 23.2. The molecule has 0 fully saturated rings. The van der Waals surface area contributed by atoms with E-state index in [9.17, 15) is 0 Å². The van der Waals surface area contributed by atoms with Gasteiger partial charge >= 0.3 is 0 Å². The molecular weight excluding hydrogens is 406 g/mol. The maximum absolute atomic E-state index is 4.75. The molecule has 0 rings (SSSR count). The van der Waals surface area contributed by atoms with Crippen LogP contribution in [0.25, 0.3) is 0 Å². The fourth-order valence-electron chi connectivity index (χ4n) is 2.45. The molecule has 0 aromatic carbocycles. The van der Waals surface area contributed by atoms with E-state index in [0.717, 1.165) is 37.8 Å². The van der Waals surface area contributed by atoms with Crippen LogP contribution in [0, 0.1) is 5.92 Å². The minimum absolute atomic E-state index is 0.238.